The van der Waals surface area contributed by atoms with Crippen LogP contribution >= 0.6 is 0 Å². The highest BCUT2D eigenvalue weighted by Crippen LogP contribution is 2.68. The molecule has 4 rings (SSSR count). The fraction of sp³-hybridized carbons (Fsp3) is 0.920. The van der Waals surface area contributed by atoms with Gasteiger partial charge in [-0.2, -0.15) is 0 Å². The van der Waals surface area contributed by atoms with Crippen LogP contribution in [0.4, 0.5) is 0 Å². The molecule has 0 bridgehead atoms. The van der Waals surface area contributed by atoms with Crippen molar-refractivity contribution in [3.8, 4) is 0 Å². The molecule has 2 heteroatoms. The third-order valence-electron chi connectivity index (χ3n) is 9.95. The van der Waals surface area contributed by atoms with Gasteiger partial charge >= 0.3 is 0 Å². The first-order valence-electron chi connectivity index (χ1n) is 11.9. The van der Waals surface area contributed by atoms with Gasteiger partial charge in [0.1, 0.15) is 0 Å². The minimum atomic E-state index is -0.569. The summed E-state index contributed by atoms with van der Waals surface area (Å²) < 4.78 is 5.67. The first-order valence-corrected chi connectivity index (χ1v) is 11.9. The smallest absolute Gasteiger partial charge is 0.0883 e. The largest absolute Gasteiger partial charge is 0.387 e. The minimum absolute atomic E-state index is 0.487. The maximum atomic E-state index is 11.2. The minimum Gasteiger partial charge on any atom is -0.387 e. The maximum absolute atomic E-state index is 11.2. The van der Waals surface area contributed by atoms with Crippen LogP contribution in [0.2, 0.25) is 0 Å². The zero-order chi connectivity index (χ0) is 19.3. The van der Waals surface area contributed by atoms with Crippen LogP contribution in [0, 0.1) is 34.5 Å². The molecule has 0 aromatic carbocycles. The van der Waals surface area contributed by atoms with Crippen molar-refractivity contribution >= 4 is 0 Å². The van der Waals surface area contributed by atoms with E-state index < -0.39 is 5.60 Å². The van der Waals surface area contributed by atoms with Gasteiger partial charge < -0.3 is 9.84 Å². The van der Waals surface area contributed by atoms with Gasteiger partial charge in [0.2, 0.25) is 0 Å². The van der Waals surface area contributed by atoms with E-state index in [1.54, 1.807) is 5.57 Å². The molecule has 0 aromatic heterocycles. The molecule has 2 nitrogen and oxygen atoms in total. The number of rotatable bonds is 4. The Labute approximate surface area is 167 Å². The zero-order valence-electron chi connectivity index (χ0n) is 18.2. The van der Waals surface area contributed by atoms with E-state index in [2.05, 4.69) is 26.8 Å². The van der Waals surface area contributed by atoms with Gasteiger partial charge in [0.05, 0.1) is 12.2 Å². The Morgan fingerprint density at radius 3 is 2.59 bits per heavy atom. The molecule has 0 saturated heterocycles. The van der Waals surface area contributed by atoms with Crippen LogP contribution in [-0.2, 0) is 4.74 Å². The molecule has 0 unspecified atom stereocenters. The molecule has 7 atom stereocenters. The van der Waals surface area contributed by atoms with E-state index in [4.69, 9.17) is 4.74 Å². The third kappa shape index (κ3) is 2.96. The lowest BCUT2D eigenvalue weighted by atomic mass is 9.43. The van der Waals surface area contributed by atoms with Crippen LogP contribution in [0.3, 0.4) is 0 Å². The van der Waals surface area contributed by atoms with Crippen molar-refractivity contribution in [1.82, 2.24) is 0 Å². The summed E-state index contributed by atoms with van der Waals surface area (Å²) in [5, 5.41) is 11.2. The standard InChI is InChI=1S/C25H42O2/c1-5-18-9-11-21-20-10-8-19-16-24(26,17-27-7-3)14-15-25(19,6-2)22(20)12-13-23(18,21)4/h5,19-22,26H,6-17H2,1-4H3/b18-5+/t19-,20-,21-,22-,23+,24+,25-/m0/s1. The quantitative estimate of drug-likeness (QED) is 0.599. The fourth-order valence-electron chi connectivity index (χ4n) is 8.58. The van der Waals surface area contributed by atoms with E-state index in [0.717, 1.165) is 30.6 Å². The molecule has 0 radical (unpaired) electrons. The van der Waals surface area contributed by atoms with Crippen molar-refractivity contribution in [2.24, 2.45) is 34.5 Å². The number of hydrogen-bond donors (Lipinski definition) is 1. The molecule has 4 saturated carbocycles. The van der Waals surface area contributed by atoms with Crippen LogP contribution < -0.4 is 0 Å². The Morgan fingerprint density at radius 2 is 1.89 bits per heavy atom. The lowest BCUT2D eigenvalue weighted by Crippen LogP contribution is -2.57. The number of aliphatic hydroxyl groups is 1. The molecule has 1 N–H and O–H groups in total. The second-order valence-corrected chi connectivity index (χ2v) is 10.6. The summed E-state index contributed by atoms with van der Waals surface area (Å²) in [6.07, 6.45) is 15.2. The first-order chi connectivity index (χ1) is 12.9. The van der Waals surface area contributed by atoms with Crippen molar-refractivity contribution < 1.29 is 9.84 Å². The molecule has 0 amide bonds. The van der Waals surface area contributed by atoms with E-state index >= 15 is 0 Å². The average Bonchev–Trinajstić information content (AvgIpc) is 3.02. The molecule has 0 spiro atoms. The topological polar surface area (TPSA) is 29.5 Å². The summed E-state index contributed by atoms with van der Waals surface area (Å²) in [5.41, 5.74) is 2.16. The van der Waals surface area contributed by atoms with Gasteiger partial charge in [-0.15, -0.1) is 0 Å². The SMILES string of the molecule is C/C=C1\CC[C@H]2[C@@H]3CC[C@H]4C[C@@](O)(COCC)CC[C@]4(CC)[C@H]3CC[C@]12C. The molecule has 0 heterocycles. The molecule has 0 aromatic rings. The van der Waals surface area contributed by atoms with Crippen LogP contribution in [0.15, 0.2) is 11.6 Å². The summed E-state index contributed by atoms with van der Waals surface area (Å²) in [6.45, 7) is 10.6. The Morgan fingerprint density at radius 1 is 1.07 bits per heavy atom. The van der Waals surface area contributed by atoms with Crippen molar-refractivity contribution in [1.29, 1.82) is 0 Å². The van der Waals surface area contributed by atoms with E-state index in [0.29, 0.717) is 30.0 Å². The van der Waals surface area contributed by atoms with Gasteiger partial charge in [-0.25, -0.2) is 0 Å². The number of hydrogen-bond acceptors (Lipinski definition) is 2. The Bertz CT molecular complexity index is 583. The molecule has 0 aliphatic heterocycles. The van der Waals surface area contributed by atoms with E-state index in [-0.39, 0.29) is 0 Å². The Balaban J connectivity index is 1.58. The highest BCUT2D eigenvalue weighted by atomic mass is 16.5. The van der Waals surface area contributed by atoms with Crippen molar-refractivity contribution in [2.75, 3.05) is 13.2 Å². The second kappa shape index (κ2) is 7.17. The van der Waals surface area contributed by atoms with Gasteiger partial charge in [0.25, 0.3) is 0 Å². The first kappa shape index (κ1) is 20.0. The van der Waals surface area contributed by atoms with Crippen LogP contribution in [0.5, 0.6) is 0 Å². The second-order valence-electron chi connectivity index (χ2n) is 10.6. The van der Waals surface area contributed by atoms with Crippen molar-refractivity contribution in [2.45, 2.75) is 97.5 Å². The molecular weight excluding hydrogens is 332 g/mol. The highest BCUT2D eigenvalue weighted by Gasteiger charge is 2.61. The fourth-order valence-corrected chi connectivity index (χ4v) is 8.58. The predicted molar refractivity (Wildman–Crippen MR) is 112 cm³/mol. The molecule has 154 valence electrons. The number of ether oxygens (including phenoxy) is 1. The van der Waals surface area contributed by atoms with Gasteiger partial charge in [0, 0.05) is 6.61 Å². The van der Waals surface area contributed by atoms with E-state index in [1.807, 2.05) is 6.92 Å². The monoisotopic (exact) mass is 374 g/mol. The maximum Gasteiger partial charge on any atom is 0.0883 e. The van der Waals surface area contributed by atoms with Gasteiger partial charge in [-0.05, 0) is 113 Å². The van der Waals surface area contributed by atoms with Gasteiger partial charge in [0.15, 0.2) is 0 Å². The molecule has 4 aliphatic carbocycles. The van der Waals surface area contributed by atoms with Crippen LogP contribution in [0.1, 0.15) is 91.9 Å². The molecule has 27 heavy (non-hydrogen) atoms. The van der Waals surface area contributed by atoms with Gasteiger partial charge in [-0.1, -0.05) is 25.5 Å². The zero-order valence-corrected chi connectivity index (χ0v) is 18.2. The number of fused-ring (bicyclic) bond motifs is 5. The summed E-state index contributed by atoms with van der Waals surface area (Å²) in [5.74, 6) is 3.44. The lowest BCUT2D eigenvalue weighted by molar-refractivity contribution is -0.168. The summed E-state index contributed by atoms with van der Waals surface area (Å²) in [6, 6.07) is 0. The number of allylic oxidation sites excluding steroid dienone is 2. The van der Waals surface area contributed by atoms with E-state index in [1.165, 1.54) is 51.4 Å². The summed E-state index contributed by atoms with van der Waals surface area (Å²) in [4.78, 5) is 0. The lowest BCUT2D eigenvalue weighted by Gasteiger charge is -2.62. The summed E-state index contributed by atoms with van der Waals surface area (Å²) in [7, 11) is 0. The van der Waals surface area contributed by atoms with Gasteiger partial charge in [-0.3, -0.25) is 0 Å². The third-order valence-corrected chi connectivity index (χ3v) is 9.95. The average molecular weight is 375 g/mol. The van der Waals surface area contributed by atoms with E-state index in [9.17, 15) is 5.11 Å². The summed E-state index contributed by atoms with van der Waals surface area (Å²) >= 11 is 0. The highest BCUT2D eigenvalue weighted by molar-refractivity contribution is 5.24. The molecule has 4 fully saturated rings. The molecular formula is C25H42O2. The Kier molecular flexibility index (Phi) is 5.30. The normalized spacial score (nSPS) is 50.9. The van der Waals surface area contributed by atoms with Crippen molar-refractivity contribution in [3.63, 3.8) is 0 Å². The predicted octanol–water partition coefficient (Wildman–Crippen LogP) is 6.13. The van der Waals surface area contributed by atoms with Crippen LogP contribution in [-0.4, -0.2) is 23.9 Å². The Hall–Kier alpha value is -0.340. The van der Waals surface area contributed by atoms with Crippen LogP contribution in [0.25, 0.3) is 0 Å². The van der Waals surface area contributed by atoms with Crippen molar-refractivity contribution in [3.05, 3.63) is 11.6 Å². The molecule has 4 aliphatic rings.